The van der Waals surface area contributed by atoms with Crippen LogP contribution in [0.1, 0.15) is 80.8 Å². The second-order valence-corrected chi connectivity index (χ2v) is 11.2. The van der Waals surface area contributed by atoms with Crippen molar-refractivity contribution in [2.75, 3.05) is 48.6 Å². The molecule has 0 saturated carbocycles. The summed E-state index contributed by atoms with van der Waals surface area (Å²) in [4.78, 5) is 44.2. The SMILES string of the molecule is CCCC1C(=O)N(CCCc2cc(OC)c(OC)c(C(C)CC)c2)CC(C)N1C(=O)C(=O)c1cc(OC)c(OC)c(OC)c1. The van der Waals surface area contributed by atoms with Gasteiger partial charge in [0, 0.05) is 30.3 Å². The molecule has 0 aromatic heterocycles. The Kier molecular flexibility index (Phi) is 12.3. The summed E-state index contributed by atoms with van der Waals surface area (Å²) in [6, 6.07) is 6.02. The molecular formula is C34H48N2O8. The molecule has 0 bridgehead atoms. The first-order chi connectivity index (χ1) is 21.1. The van der Waals surface area contributed by atoms with Crippen molar-refractivity contribution in [3.8, 4) is 28.7 Å². The first-order valence-corrected chi connectivity index (χ1v) is 15.3. The van der Waals surface area contributed by atoms with E-state index in [2.05, 4.69) is 19.9 Å². The summed E-state index contributed by atoms with van der Waals surface area (Å²) in [7, 11) is 7.66. The second-order valence-electron chi connectivity index (χ2n) is 11.2. The van der Waals surface area contributed by atoms with Gasteiger partial charge in [-0.25, -0.2) is 0 Å². The van der Waals surface area contributed by atoms with Crippen molar-refractivity contribution in [3.05, 3.63) is 41.0 Å². The van der Waals surface area contributed by atoms with Crippen LogP contribution in [0.15, 0.2) is 24.3 Å². The van der Waals surface area contributed by atoms with Gasteiger partial charge < -0.3 is 33.5 Å². The first-order valence-electron chi connectivity index (χ1n) is 15.3. The number of hydrogen-bond donors (Lipinski definition) is 0. The highest BCUT2D eigenvalue weighted by Crippen LogP contribution is 2.39. The molecule has 2 amide bonds. The second kappa shape index (κ2) is 15.7. The molecule has 0 aliphatic carbocycles. The minimum atomic E-state index is -0.732. The van der Waals surface area contributed by atoms with Crippen molar-refractivity contribution >= 4 is 17.6 Å². The predicted molar refractivity (Wildman–Crippen MR) is 169 cm³/mol. The van der Waals surface area contributed by atoms with E-state index in [0.29, 0.717) is 43.3 Å². The molecule has 3 rings (SSSR count). The van der Waals surface area contributed by atoms with Crippen LogP contribution < -0.4 is 23.7 Å². The summed E-state index contributed by atoms with van der Waals surface area (Å²) < 4.78 is 27.4. The average molecular weight is 613 g/mol. The Bertz CT molecular complexity index is 1300. The number of hydrogen-bond acceptors (Lipinski definition) is 8. The molecule has 1 saturated heterocycles. The minimum Gasteiger partial charge on any atom is -0.493 e. The Morgan fingerprint density at radius 2 is 1.48 bits per heavy atom. The molecule has 2 aromatic carbocycles. The Balaban J connectivity index is 1.79. The van der Waals surface area contributed by atoms with Crippen molar-refractivity contribution in [1.29, 1.82) is 0 Å². The highest BCUT2D eigenvalue weighted by Gasteiger charge is 2.43. The third kappa shape index (κ3) is 7.22. The van der Waals surface area contributed by atoms with Crippen molar-refractivity contribution < 1.29 is 38.1 Å². The van der Waals surface area contributed by atoms with Crippen molar-refractivity contribution in [2.24, 2.45) is 0 Å². The van der Waals surface area contributed by atoms with Gasteiger partial charge in [0.15, 0.2) is 23.0 Å². The minimum absolute atomic E-state index is 0.105. The van der Waals surface area contributed by atoms with E-state index in [1.54, 1.807) is 14.2 Å². The lowest BCUT2D eigenvalue weighted by Gasteiger charge is -2.44. The highest BCUT2D eigenvalue weighted by molar-refractivity contribution is 6.43. The fourth-order valence-electron chi connectivity index (χ4n) is 5.92. The van der Waals surface area contributed by atoms with Crippen LogP contribution in [0.5, 0.6) is 28.7 Å². The summed E-state index contributed by atoms with van der Waals surface area (Å²) in [5.74, 6) is 1.05. The van der Waals surface area contributed by atoms with Crippen LogP contribution in [-0.2, 0) is 16.0 Å². The maximum absolute atomic E-state index is 13.8. The predicted octanol–water partition coefficient (Wildman–Crippen LogP) is 5.29. The first kappa shape index (κ1) is 34.5. The van der Waals surface area contributed by atoms with Crippen molar-refractivity contribution in [1.82, 2.24) is 9.80 Å². The standard InChI is InChI=1S/C34H48N2O8/c1-10-13-26-33(38)35(15-12-14-23-16-25(21(3)11-2)31(43-8)27(17-23)40-5)20-22(4)36(26)34(39)30(37)24-18-28(41-6)32(44-9)29(19-24)42-7/h16-19,21-22,26H,10-15,20H2,1-9H3. The molecule has 0 N–H and O–H groups in total. The van der Waals surface area contributed by atoms with E-state index in [0.717, 1.165) is 36.1 Å². The molecule has 10 nitrogen and oxygen atoms in total. The fourth-order valence-corrected chi connectivity index (χ4v) is 5.92. The fraction of sp³-hybridized carbons (Fsp3) is 0.559. The topological polar surface area (TPSA) is 104 Å². The summed E-state index contributed by atoms with van der Waals surface area (Å²) in [6.07, 6.45) is 3.61. The quantitative estimate of drug-likeness (QED) is 0.198. The van der Waals surface area contributed by atoms with E-state index in [9.17, 15) is 14.4 Å². The molecule has 0 radical (unpaired) electrons. The Hall–Kier alpha value is -3.95. The van der Waals surface area contributed by atoms with Gasteiger partial charge in [0.05, 0.1) is 35.5 Å². The largest absolute Gasteiger partial charge is 0.493 e. The molecule has 1 aliphatic heterocycles. The third-order valence-corrected chi connectivity index (χ3v) is 8.41. The molecule has 0 spiro atoms. The normalized spacial score (nSPS) is 17.2. The van der Waals surface area contributed by atoms with E-state index in [4.69, 9.17) is 23.7 Å². The van der Waals surface area contributed by atoms with Crippen LogP contribution in [0.3, 0.4) is 0 Å². The van der Waals surface area contributed by atoms with Crippen LogP contribution >= 0.6 is 0 Å². The van der Waals surface area contributed by atoms with Crippen molar-refractivity contribution in [2.45, 2.75) is 77.8 Å². The lowest BCUT2D eigenvalue weighted by molar-refractivity contribution is -0.153. The van der Waals surface area contributed by atoms with Gasteiger partial charge in [-0.1, -0.05) is 33.3 Å². The van der Waals surface area contributed by atoms with Crippen molar-refractivity contribution in [3.63, 3.8) is 0 Å². The van der Waals surface area contributed by atoms with Gasteiger partial charge in [-0.15, -0.1) is 0 Å². The molecule has 1 fully saturated rings. The van der Waals surface area contributed by atoms with Gasteiger partial charge in [-0.2, -0.15) is 0 Å². The van der Waals surface area contributed by atoms with Crippen LogP contribution in [0.25, 0.3) is 0 Å². The molecule has 3 unspecified atom stereocenters. The molecular weight excluding hydrogens is 564 g/mol. The number of rotatable bonds is 15. The molecule has 1 heterocycles. The number of carbonyl (C=O) groups is 3. The smallest absolute Gasteiger partial charge is 0.295 e. The third-order valence-electron chi connectivity index (χ3n) is 8.41. The van der Waals surface area contributed by atoms with Crippen LogP contribution in [0.2, 0.25) is 0 Å². The molecule has 2 aromatic rings. The number of Topliss-reactive ketones (excluding diaryl/α,β-unsaturated/α-hetero) is 1. The zero-order valence-corrected chi connectivity index (χ0v) is 27.7. The number of aryl methyl sites for hydroxylation is 1. The maximum atomic E-state index is 13.8. The number of carbonyl (C=O) groups excluding carboxylic acids is 3. The lowest BCUT2D eigenvalue weighted by atomic mass is 9.93. The van der Waals surface area contributed by atoms with E-state index in [1.807, 2.05) is 24.8 Å². The zero-order chi connectivity index (χ0) is 32.6. The van der Waals surface area contributed by atoms with Crippen LogP contribution in [0.4, 0.5) is 0 Å². The average Bonchev–Trinajstić information content (AvgIpc) is 3.04. The Morgan fingerprint density at radius 3 is 2.00 bits per heavy atom. The van der Waals surface area contributed by atoms with E-state index in [-0.39, 0.29) is 29.0 Å². The summed E-state index contributed by atoms with van der Waals surface area (Å²) >= 11 is 0. The van der Waals surface area contributed by atoms with E-state index >= 15 is 0 Å². The number of amides is 2. The molecule has 10 heteroatoms. The van der Waals surface area contributed by atoms with E-state index in [1.165, 1.54) is 38.4 Å². The number of nitrogens with zero attached hydrogens (tertiary/aromatic N) is 2. The summed E-state index contributed by atoms with van der Waals surface area (Å²) in [6.45, 7) is 9.05. The summed E-state index contributed by atoms with van der Waals surface area (Å²) in [5, 5.41) is 0. The van der Waals surface area contributed by atoms with Gasteiger partial charge in [-0.05, 0) is 62.3 Å². The molecule has 44 heavy (non-hydrogen) atoms. The van der Waals surface area contributed by atoms with Crippen LogP contribution in [-0.4, -0.2) is 88.1 Å². The molecule has 1 aliphatic rings. The molecule has 3 atom stereocenters. The van der Waals surface area contributed by atoms with Gasteiger partial charge in [0.1, 0.15) is 6.04 Å². The number of piperazine rings is 1. The van der Waals surface area contributed by atoms with Gasteiger partial charge >= 0.3 is 0 Å². The Morgan fingerprint density at radius 1 is 0.886 bits per heavy atom. The van der Waals surface area contributed by atoms with Crippen LogP contribution in [0, 0.1) is 0 Å². The number of ketones is 1. The highest BCUT2D eigenvalue weighted by atomic mass is 16.5. The van der Waals surface area contributed by atoms with E-state index < -0.39 is 17.7 Å². The molecule has 242 valence electrons. The number of benzene rings is 2. The lowest BCUT2D eigenvalue weighted by Crippen LogP contribution is -2.63. The number of ether oxygens (including phenoxy) is 5. The maximum Gasteiger partial charge on any atom is 0.295 e. The van der Waals surface area contributed by atoms with Gasteiger partial charge in [0.2, 0.25) is 11.7 Å². The monoisotopic (exact) mass is 612 g/mol. The zero-order valence-electron chi connectivity index (χ0n) is 27.7. The number of methoxy groups -OCH3 is 5. The van der Waals surface area contributed by atoms with Gasteiger partial charge in [-0.3, -0.25) is 14.4 Å². The Labute approximate surface area is 261 Å². The summed E-state index contributed by atoms with van der Waals surface area (Å²) in [5.41, 5.74) is 2.34. The van der Waals surface area contributed by atoms with Gasteiger partial charge in [0.25, 0.3) is 11.7 Å².